The molecule has 4 heterocycles. The highest BCUT2D eigenvalue weighted by atomic mass is 16.5. The lowest BCUT2D eigenvalue weighted by molar-refractivity contribution is 0.122. The highest BCUT2D eigenvalue weighted by molar-refractivity contribution is 5.74. The van der Waals surface area contributed by atoms with Gasteiger partial charge in [-0.05, 0) is 24.3 Å². The predicted molar refractivity (Wildman–Crippen MR) is 107 cm³/mol. The van der Waals surface area contributed by atoms with E-state index in [9.17, 15) is 0 Å². The van der Waals surface area contributed by atoms with Crippen LogP contribution >= 0.6 is 0 Å². The lowest BCUT2D eigenvalue weighted by Crippen LogP contribution is -2.36. The standard InChI is InChI=1S/C20H19N7O/c1-3-17(26-7-9-28-10-8-26)4-2-16(1)25-19-20-23-5-6-27(20)18(13-24-19)15-11-21-14-22-12-15/h1-6,11-14H,7-10H2,(H,24,25). The van der Waals surface area contributed by atoms with Crippen molar-refractivity contribution in [2.24, 2.45) is 0 Å². The van der Waals surface area contributed by atoms with E-state index in [0.717, 1.165) is 48.9 Å². The number of anilines is 3. The number of morpholine rings is 1. The maximum atomic E-state index is 5.42. The maximum Gasteiger partial charge on any atom is 0.180 e. The van der Waals surface area contributed by atoms with Gasteiger partial charge in [-0.15, -0.1) is 0 Å². The Kier molecular flexibility index (Phi) is 4.30. The van der Waals surface area contributed by atoms with Crippen molar-refractivity contribution in [2.45, 2.75) is 0 Å². The molecule has 0 atom stereocenters. The van der Waals surface area contributed by atoms with Crippen molar-refractivity contribution < 1.29 is 4.74 Å². The third kappa shape index (κ3) is 3.14. The topological polar surface area (TPSA) is 80.5 Å². The fourth-order valence-corrected chi connectivity index (χ4v) is 3.37. The summed E-state index contributed by atoms with van der Waals surface area (Å²) in [5.41, 5.74) is 4.69. The SMILES string of the molecule is c1ncc(-c2cnc(Nc3ccc(N4CCOCC4)cc3)c3nccn23)cn1. The summed E-state index contributed by atoms with van der Waals surface area (Å²) in [4.78, 5) is 19.6. The Morgan fingerprint density at radius 1 is 0.929 bits per heavy atom. The first-order valence-electron chi connectivity index (χ1n) is 9.16. The van der Waals surface area contributed by atoms with Crippen LogP contribution in [0.15, 0.2) is 61.6 Å². The van der Waals surface area contributed by atoms with Crippen molar-refractivity contribution in [1.29, 1.82) is 0 Å². The van der Waals surface area contributed by atoms with Crippen molar-refractivity contribution in [3.8, 4) is 11.3 Å². The first-order valence-corrected chi connectivity index (χ1v) is 9.16. The number of aromatic nitrogens is 5. The maximum absolute atomic E-state index is 5.42. The molecular weight excluding hydrogens is 354 g/mol. The van der Waals surface area contributed by atoms with Gasteiger partial charge in [-0.2, -0.15) is 0 Å². The van der Waals surface area contributed by atoms with Crippen molar-refractivity contribution >= 4 is 22.8 Å². The molecule has 0 amide bonds. The Morgan fingerprint density at radius 2 is 1.71 bits per heavy atom. The molecule has 3 aromatic heterocycles. The summed E-state index contributed by atoms with van der Waals surface area (Å²) >= 11 is 0. The van der Waals surface area contributed by atoms with Gasteiger partial charge in [0.2, 0.25) is 0 Å². The molecule has 5 rings (SSSR count). The zero-order chi connectivity index (χ0) is 18.8. The van der Waals surface area contributed by atoms with Crippen LogP contribution in [0.1, 0.15) is 0 Å². The summed E-state index contributed by atoms with van der Waals surface area (Å²) in [6.45, 7) is 3.41. The van der Waals surface area contributed by atoms with Gasteiger partial charge in [0, 0.05) is 54.8 Å². The summed E-state index contributed by atoms with van der Waals surface area (Å²) in [5.74, 6) is 0.699. The van der Waals surface area contributed by atoms with Crippen LogP contribution in [-0.2, 0) is 4.74 Å². The van der Waals surface area contributed by atoms with Crippen LogP contribution in [-0.4, -0.2) is 50.6 Å². The zero-order valence-corrected chi connectivity index (χ0v) is 15.2. The van der Waals surface area contributed by atoms with Crippen molar-refractivity contribution in [1.82, 2.24) is 24.3 Å². The second-order valence-corrected chi connectivity index (χ2v) is 6.51. The quantitative estimate of drug-likeness (QED) is 0.589. The molecule has 8 nitrogen and oxygen atoms in total. The first kappa shape index (κ1) is 16.6. The average Bonchev–Trinajstić information content (AvgIpc) is 3.26. The highest BCUT2D eigenvalue weighted by Gasteiger charge is 2.13. The van der Waals surface area contributed by atoms with E-state index in [1.54, 1.807) is 24.8 Å². The van der Waals surface area contributed by atoms with Crippen molar-refractivity contribution in [3.63, 3.8) is 0 Å². The van der Waals surface area contributed by atoms with Gasteiger partial charge in [-0.25, -0.2) is 19.9 Å². The molecule has 0 aliphatic carbocycles. The van der Waals surface area contributed by atoms with Gasteiger partial charge >= 0.3 is 0 Å². The van der Waals surface area contributed by atoms with Gasteiger partial charge in [-0.3, -0.25) is 4.40 Å². The van der Waals surface area contributed by atoms with Gasteiger partial charge in [0.05, 0.1) is 25.1 Å². The lowest BCUT2D eigenvalue weighted by atomic mass is 10.2. The molecule has 8 heteroatoms. The number of fused-ring (bicyclic) bond motifs is 1. The lowest BCUT2D eigenvalue weighted by Gasteiger charge is -2.28. The number of ether oxygens (including phenoxy) is 1. The second kappa shape index (κ2) is 7.24. The van der Waals surface area contributed by atoms with Gasteiger partial charge in [0.15, 0.2) is 11.5 Å². The molecular formula is C20H19N7O. The predicted octanol–water partition coefficient (Wildman–Crippen LogP) is 2.77. The fourth-order valence-electron chi connectivity index (χ4n) is 3.37. The number of hydrogen-bond acceptors (Lipinski definition) is 7. The zero-order valence-electron chi connectivity index (χ0n) is 15.2. The number of nitrogens with zero attached hydrogens (tertiary/aromatic N) is 6. The summed E-state index contributed by atoms with van der Waals surface area (Å²) in [5, 5.41) is 3.37. The molecule has 4 aromatic rings. The molecule has 1 aromatic carbocycles. The minimum atomic E-state index is 0.699. The van der Waals surface area contributed by atoms with E-state index >= 15 is 0 Å². The van der Waals surface area contributed by atoms with Crippen LogP contribution in [0.25, 0.3) is 16.9 Å². The Labute approximate surface area is 161 Å². The molecule has 1 N–H and O–H groups in total. The number of rotatable bonds is 4. The van der Waals surface area contributed by atoms with E-state index in [0.29, 0.717) is 5.82 Å². The fraction of sp³-hybridized carbons (Fsp3) is 0.200. The van der Waals surface area contributed by atoms with Crippen LogP contribution in [0.2, 0.25) is 0 Å². The van der Waals surface area contributed by atoms with Crippen LogP contribution in [0.5, 0.6) is 0 Å². The summed E-state index contributed by atoms with van der Waals surface area (Å²) in [6, 6.07) is 8.36. The first-order chi connectivity index (χ1) is 13.9. The van der Waals surface area contributed by atoms with E-state index in [1.807, 2.05) is 10.6 Å². The number of hydrogen-bond donors (Lipinski definition) is 1. The minimum absolute atomic E-state index is 0.699. The molecule has 0 spiro atoms. The van der Waals surface area contributed by atoms with Crippen molar-refractivity contribution in [3.05, 3.63) is 61.6 Å². The van der Waals surface area contributed by atoms with E-state index in [4.69, 9.17) is 4.74 Å². The minimum Gasteiger partial charge on any atom is -0.378 e. The summed E-state index contributed by atoms with van der Waals surface area (Å²) in [7, 11) is 0. The van der Waals surface area contributed by atoms with E-state index in [2.05, 4.69) is 54.4 Å². The number of benzene rings is 1. The van der Waals surface area contributed by atoms with E-state index < -0.39 is 0 Å². The molecule has 0 radical (unpaired) electrons. The number of imidazole rings is 1. The van der Waals surface area contributed by atoms with Crippen LogP contribution in [0, 0.1) is 0 Å². The van der Waals surface area contributed by atoms with E-state index in [1.165, 1.54) is 12.0 Å². The van der Waals surface area contributed by atoms with Gasteiger partial charge < -0.3 is 15.0 Å². The third-order valence-electron chi connectivity index (χ3n) is 4.79. The molecule has 140 valence electrons. The molecule has 1 aliphatic rings. The summed E-state index contributed by atoms with van der Waals surface area (Å²) in [6.07, 6.45) is 10.5. The Bertz CT molecular complexity index is 1070. The molecule has 0 bridgehead atoms. The largest absolute Gasteiger partial charge is 0.378 e. The number of nitrogens with one attached hydrogen (secondary N) is 1. The molecule has 0 unspecified atom stereocenters. The highest BCUT2D eigenvalue weighted by Crippen LogP contribution is 2.26. The second-order valence-electron chi connectivity index (χ2n) is 6.51. The Morgan fingerprint density at radius 3 is 2.50 bits per heavy atom. The van der Waals surface area contributed by atoms with Crippen molar-refractivity contribution in [2.75, 3.05) is 36.5 Å². The van der Waals surface area contributed by atoms with Crippen LogP contribution in [0.4, 0.5) is 17.2 Å². The van der Waals surface area contributed by atoms with Gasteiger partial charge in [0.25, 0.3) is 0 Å². The summed E-state index contributed by atoms with van der Waals surface area (Å²) < 4.78 is 7.40. The molecule has 1 aliphatic heterocycles. The average molecular weight is 373 g/mol. The monoisotopic (exact) mass is 373 g/mol. The Hall–Kier alpha value is -3.52. The van der Waals surface area contributed by atoms with Crippen LogP contribution in [0.3, 0.4) is 0 Å². The smallest absolute Gasteiger partial charge is 0.180 e. The molecule has 28 heavy (non-hydrogen) atoms. The van der Waals surface area contributed by atoms with E-state index in [-0.39, 0.29) is 0 Å². The van der Waals surface area contributed by atoms with Gasteiger partial charge in [0.1, 0.15) is 6.33 Å². The Balaban J connectivity index is 1.42. The molecule has 0 saturated carbocycles. The van der Waals surface area contributed by atoms with Gasteiger partial charge in [-0.1, -0.05) is 0 Å². The molecule has 1 fully saturated rings. The normalized spacial score (nSPS) is 14.4. The third-order valence-corrected chi connectivity index (χ3v) is 4.79. The van der Waals surface area contributed by atoms with Crippen LogP contribution < -0.4 is 10.2 Å². The molecule has 1 saturated heterocycles.